The number of benzene rings is 2. The fourth-order valence-electron chi connectivity index (χ4n) is 3.79. The van der Waals surface area contributed by atoms with E-state index in [2.05, 4.69) is 14.8 Å². The highest BCUT2D eigenvalue weighted by molar-refractivity contribution is 7.92. The lowest BCUT2D eigenvalue weighted by Gasteiger charge is -2.32. The van der Waals surface area contributed by atoms with Crippen molar-refractivity contribution < 1.29 is 41.0 Å². The van der Waals surface area contributed by atoms with Crippen LogP contribution in [0, 0.1) is 5.92 Å². The van der Waals surface area contributed by atoms with Crippen molar-refractivity contribution in [2.75, 3.05) is 16.6 Å². The molecular formula is C23H27F3N2O6S. The Morgan fingerprint density at radius 1 is 1.14 bits per heavy atom. The smallest absolute Gasteiger partial charge is 0.492 e. The highest BCUT2D eigenvalue weighted by atomic mass is 32.2. The van der Waals surface area contributed by atoms with Gasteiger partial charge in [-0.3, -0.25) is 9.52 Å². The molecular weight excluding hydrogens is 489 g/mol. The van der Waals surface area contributed by atoms with Gasteiger partial charge < -0.3 is 19.9 Å². The number of sulfonamides is 1. The molecule has 1 aliphatic carbocycles. The van der Waals surface area contributed by atoms with Gasteiger partial charge in [-0.1, -0.05) is 6.07 Å². The van der Waals surface area contributed by atoms with Crippen LogP contribution < -0.4 is 19.5 Å². The van der Waals surface area contributed by atoms with Crippen LogP contribution in [-0.4, -0.2) is 38.0 Å². The molecule has 0 radical (unpaired) electrons. The van der Waals surface area contributed by atoms with Gasteiger partial charge in [-0.2, -0.15) is 0 Å². The van der Waals surface area contributed by atoms with Gasteiger partial charge >= 0.3 is 6.36 Å². The van der Waals surface area contributed by atoms with Gasteiger partial charge in [0.25, 0.3) is 10.0 Å². The number of nitrogens with one attached hydrogen (secondary N) is 2. The van der Waals surface area contributed by atoms with Crippen molar-refractivity contribution >= 4 is 27.3 Å². The van der Waals surface area contributed by atoms with Crippen LogP contribution in [0.4, 0.5) is 24.5 Å². The molecule has 1 fully saturated rings. The van der Waals surface area contributed by atoms with Gasteiger partial charge in [0.1, 0.15) is 16.4 Å². The molecule has 8 nitrogen and oxygen atoms in total. The Hall–Kier alpha value is -2.99. The molecule has 1 amide bonds. The predicted octanol–water partition coefficient (Wildman–Crippen LogP) is 4.66. The molecule has 2 aromatic carbocycles. The maximum atomic E-state index is 13.0. The second-order valence-electron chi connectivity index (χ2n) is 8.54. The summed E-state index contributed by atoms with van der Waals surface area (Å²) in [6, 6.07) is 8.45. The van der Waals surface area contributed by atoms with E-state index in [0.29, 0.717) is 31.4 Å². The van der Waals surface area contributed by atoms with Gasteiger partial charge in [0.2, 0.25) is 5.91 Å². The maximum absolute atomic E-state index is 13.0. The number of carbonyl (C=O) groups is 1. The zero-order valence-electron chi connectivity index (χ0n) is 19.2. The van der Waals surface area contributed by atoms with Crippen molar-refractivity contribution in [3.8, 4) is 11.5 Å². The molecule has 35 heavy (non-hydrogen) atoms. The van der Waals surface area contributed by atoms with Gasteiger partial charge in [0.15, 0.2) is 0 Å². The molecule has 192 valence electrons. The van der Waals surface area contributed by atoms with E-state index >= 15 is 0 Å². The zero-order valence-corrected chi connectivity index (χ0v) is 20.0. The topological polar surface area (TPSA) is 114 Å². The summed E-state index contributed by atoms with van der Waals surface area (Å²) < 4.78 is 74.9. The average Bonchev–Trinajstić information content (AvgIpc) is 2.72. The first-order valence-electron chi connectivity index (χ1n) is 11.0. The van der Waals surface area contributed by atoms with Crippen molar-refractivity contribution in [2.24, 2.45) is 5.92 Å². The predicted molar refractivity (Wildman–Crippen MR) is 123 cm³/mol. The molecule has 0 aromatic heterocycles. The molecule has 12 heteroatoms. The summed E-state index contributed by atoms with van der Waals surface area (Å²) in [5.41, 5.74) is -0.588. The fourth-order valence-corrected chi connectivity index (χ4v) is 4.97. The molecule has 0 saturated heterocycles. The largest absolute Gasteiger partial charge is 0.573 e. The van der Waals surface area contributed by atoms with Crippen LogP contribution in [0.25, 0.3) is 0 Å². The quantitative estimate of drug-likeness (QED) is 0.470. The molecule has 2 aromatic rings. The van der Waals surface area contributed by atoms with Crippen molar-refractivity contribution in [1.82, 2.24) is 0 Å². The number of halogens is 3. The van der Waals surface area contributed by atoms with Crippen LogP contribution in [0.5, 0.6) is 11.5 Å². The molecule has 0 aliphatic heterocycles. The summed E-state index contributed by atoms with van der Waals surface area (Å²) in [6.45, 7) is 3.52. The second-order valence-corrected chi connectivity index (χ2v) is 10.2. The minimum Gasteiger partial charge on any atom is -0.492 e. The standard InChI is InChI=1S/C23H27F3N2O6S/c1-3-33-19-14-16(27-21(29)15-9-11-22(2,30)12-10-15)7-8-20(19)35(31,32)28-17-5-4-6-18(13-17)34-23(24,25)26/h4-8,13-15,28,30H,3,9-12H2,1-2H3,(H,27,29)/t15-,22-. The van der Waals surface area contributed by atoms with E-state index in [4.69, 9.17) is 4.74 Å². The van der Waals surface area contributed by atoms with Crippen molar-refractivity contribution in [2.45, 2.75) is 56.4 Å². The van der Waals surface area contributed by atoms with Crippen LogP contribution in [0.2, 0.25) is 0 Å². The summed E-state index contributed by atoms with van der Waals surface area (Å²) in [4.78, 5) is 12.4. The van der Waals surface area contributed by atoms with Crippen LogP contribution in [0.3, 0.4) is 0 Å². The van der Waals surface area contributed by atoms with Gasteiger partial charge in [0.05, 0.1) is 17.9 Å². The van der Waals surface area contributed by atoms with Crippen LogP contribution in [0.15, 0.2) is 47.4 Å². The highest BCUT2D eigenvalue weighted by Gasteiger charge is 2.33. The Morgan fingerprint density at radius 3 is 2.46 bits per heavy atom. The number of rotatable bonds is 8. The third kappa shape index (κ3) is 7.49. The summed E-state index contributed by atoms with van der Waals surface area (Å²) in [5, 5.41) is 12.8. The minimum atomic E-state index is -4.92. The molecule has 1 aliphatic rings. The lowest BCUT2D eigenvalue weighted by molar-refractivity contribution is -0.274. The van der Waals surface area contributed by atoms with Crippen LogP contribution >= 0.6 is 0 Å². The Bertz CT molecular complexity index is 1160. The van der Waals surface area contributed by atoms with Crippen molar-refractivity contribution in [3.63, 3.8) is 0 Å². The number of ether oxygens (including phenoxy) is 2. The van der Waals surface area contributed by atoms with Gasteiger partial charge in [-0.25, -0.2) is 8.42 Å². The van der Waals surface area contributed by atoms with Gasteiger partial charge in [-0.05, 0) is 63.8 Å². The lowest BCUT2D eigenvalue weighted by Crippen LogP contribution is -2.35. The van der Waals surface area contributed by atoms with Gasteiger partial charge in [-0.15, -0.1) is 13.2 Å². The molecule has 3 rings (SSSR count). The first-order chi connectivity index (χ1) is 16.3. The third-order valence-corrected chi connectivity index (χ3v) is 6.97. The lowest BCUT2D eigenvalue weighted by atomic mass is 9.79. The maximum Gasteiger partial charge on any atom is 0.573 e. The fraction of sp³-hybridized carbons (Fsp3) is 0.435. The zero-order chi connectivity index (χ0) is 25.9. The normalized spacial score (nSPS) is 20.7. The van der Waals surface area contributed by atoms with E-state index in [1.165, 1.54) is 30.3 Å². The van der Waals surface area contributed by atoms with E-state index in [1.54, 1.807) is 13.8 Å². The van der Waals surface area contributed by atoms with E-state index in [9.17, 15) is 31.5 Å². The summed E-state index contributed by atoms with van der Waals surface area (Å²) in [7, 11) is -4.26. The molecule has 0 bridgehead atoms. The minimum absolute atomic E-state index is 0.0351. The SMILES string of the molecule is CCOc1cc(NC(=O)[C@H]2CC[C@](C)(O)CC2)ccc1S(=O)(=O)Nc1cccc(OC(F)(F)F)c1. The molecule has 0 atom stereocenters. The second kappa shape index (κ2) is 10.3. The number of hydrogen-bond donors (Lipinski definition) is 3. The Morgan fingerprint density at radius 2 is 1.83 bits per heavy atom. The van der Waals surface area contributed by atoms with Crippen LogP contribution in [-0.2, 0) is 14.8 Å². The molecule has 0 heterocycles. The number of amides is 1. The Balaban J connectivity index is 1.78. The number of aliphatic hydroxyl groups is 1. The third-order valence-electron chi connectivity index (χ3n) is 5.55. The number of anilines is 2. The summed E-state index contributed by atoms with van der Waals surface area (Å²) >= 11 is 0. The van der Waals surface area contributed by atoms with E-state index in [-0.39, 0.29) is 34.8 Å². The highest BCUT2D eigenvalue weighted by Crippen LogP contribution is 2.34. The Kier molecular flexibility index (Phi) is 7.85. The van der Waals surface area contributed by atoms with E-state index in [1.807, 2.05) is 0 Å². The average molecular weight is 517 g/mol. The van der Waals surface area contributed by atoms with Crippen LogP contribution in [0.1, 0.15) is 39.5 Å². The molecule has 1 saturated carbocycles. The summed E-state index contributed by atoms with van der Waals surface area (Å²) in [5.74, 6) is -1.13. The summed E-state index contributed by atoms with van der Waals surface area (Å²) in [6.07, 6.45) is -2.84. The van der Waals surface area contributed by atoms with Crippen molar-refractivity contribution in [3.05, 3.63) is 42.5 Å². The molecule has 3 N–H and O–H groups in total. The Labute approximate surface area is 201 Å². The number of hydrogen-bond acceptors (Lipinski definition) is 6. The van der Waals surface area contributed by atoms with Gasteiger partial charge in [0, 0.05) is 23.7 Å². The molecule has 0 spiro atoms. The van der Waals surface area contributed by atoms with E-state index in [0.717, 1.165) is 12.1 Å². The monoisotopic (exact) mass is 516 g/mol. The van der Waals surface area contributed by atoms with Crippen molar-refractivity contribution in [1.29, 1.82) is 0 Å². The van der Waals surface area contributed by atoms with E-state index < -0.39 is 27.7 Å². The molecule has 0 unspecified atom stereocenters. The first-order valence-corrected chi connectivity index (χ1v) is 12.4. The number of alkyl halides is 3. The number of carbonyl (C=O) groups excluding carboxylic acids is 1. The first kappa shape index (κ1) is 26.6.